The fraction of sp³-hybridized carbons (Fsp3) is 0.429. The monoisotopic (exact) mass is 304 g/mol. The number of likely N-dealkylation sites (tertiary alicyclic amines) is 1. The first-order valence-corrected chi connectivity index (χ1v) is 7.82. The highest BCUT2D eigenvalue weighted by atomic mass is 32.2. The summed E-state index contributed by atoms with van der Waals surface area (Å²) in [4.78, 5) is 23.4. The number of carbonyl (C=O) groups is 1. The molecule has 0 aromatic carbocycles. The number of aryl methyl sites for hydroxylation is 1. The molecule has 1 fully saturated rings. The number of carbonyl (C=O) groups excluding carboxylic acids is 1. The predicted octanol–water partition coefficient (Wildman–Crippen LogP) is 1.88. The van der Waals surface area contributed by atoms with Crippen LogP contribution in [0.15, 0.2) is 33.9 Å². The average Bonchev–Trinajstić information content (AvgIpc) is 3.14. The van der Waals surface area contributed by atoms with E-state index in [1.165, 1.54) is 11.8 Å². The number of rotatable bonds is 4. The van der Waals surface area contributed by atoms with Crippen molar-refractivity contribution in [3.05, 3.63) is 36.2 Å². The van der Waals surface area contributed by atoms with Crippen molar-refractivity contribution in [1.29, 1.82) is 0 Å². The number of aromatic nitrogens is 3. The van der Waals surface area contributed by atoms with Gasteiger partial charge in [-0.05, 0) is 25.5 Å². The van der Waals surface area contributed by atoms with Gasteiger partial charge < -0.3 is 9.42 Å². The number of amides is 1. The first-order valence-electron chi connectivity index (χ1n) is 6.83. The maximum absolute atomic E-state index is 12.2. The Kier molecular flexibility index (Phi) is 4.19. The number of hydrogen-bond acceptors (Lipinski definition) is 6. The summed E-state index contributed by atoms with van der Waals surface area (Å²) in [6, 6.07) is 3.82. The van der Waals surface area contributed by atoms with E-state index in [-0.39, 0.29) is 11.8 Å². The van der Waals surface area contributed by atoms with E-state index in [2.05, 4.69) is 15.1 Å². The number of hydrogen-bond donors (Lipinski definition) is 0. The highest BCUT2D eigenvalue weighted by Crippen LogP contribution is 2.27. The molecular weight excluding hydrogens is 288 g/mol. The Balaban J connectivity index is 1.52. The van der Waals surface area contributed by atoms with Gasteiger partial charge in [0.1, 0.15) is 0 Å². The lowest BCUT2D eigenvalue weighted by atomic mass is 10.1. The maximum atomic E-state index is 12.2. The zero-order chi connectivity index (χ0) is 14.7. The molecule has 3 heterocycles. The second kappa shape index (κ2) is 6.26. The molecule has 0 bridgehead atoms. The summed E-state index contributed by atoms with van der Waals surface area (Å²) in [5, 5.41) is 3.81. The summed E-state index contributed by atoms with van der Waals surface area (Å²) < 4.78 is 5.19. The topological polar surface area (TPSA) is 72.1 Å². The molecule has 21 heavy (non-hydrogen) atoms. The van der Waals surface area contributed by atoms with Crippen molar-refractivity contribution >= 4 is 17.7 Å². The Morgan fingerprint density at radius 1 is 1.48 bits per heavy atom. The molecule has 1 aliphatic heterocycles. The molecule has 6 nitrogen and oxygen atoms in total. The first-order chi connectivity index (χ1) is 10.2. The lowest BCUT2D eigenvalue weighted by Gasteiger charge is -2.15. The molecule has 1 amide bonds. The highest BCUT2D eigenvalue weighted by Gasteiger charge is 2.30. The van der Waals surface area contributed by atoms with Crippen LogP contribution >= 0.6 is 11.8 Å². The lowest BCUT2D eigenvalue weighted by Crippen LogP contribution is -2.30. The van der Waals surface area contributed by atoms with Crippen LogP contribution < -0.4 is 0 Å². The Labute approximate surface area is 126 Å². The molecule has 1 unspecified atom stereocenters. The normalized spacial score (nSPS) is 18.1. The molecule has 110 valence electrons. The predicted molar refractivity (Wildman–Crippen MR) is 77.9 cm³/mol. The lowest BCUT2D eigenvalue weighted by molar-refractivity contribution is -0.127. The van der Waals surface area contributed by atoms with Gasteiger partial charge in [-0.15, -0.1) is 11.8 Å². The molecule has 0 spiro atoms. The average molecular weight is 304 g/mol. The largest absolute Gasteiger partial charge is 0.341 e. The van der Waals surface area contributed by atoms with Gasteiger partial charge in [-0.2, -0.15) is 4.98 Å². The van der Waals surface area contributed by atoms with E-state index in [1.807, 2.05) is 17.0 Å². The van der Waals surface area contributed by atoms with Crippen LogP contribution in [0, 0.1) is 6.92 Å². The summed E-state index contributed by atoms with van der Waals surface area (Å²) >= 11 is 1.53. The highest BCUT2D eigenvalue weighted by molar-refractivity contribution is 8.00. The van der Waals surface area contributed by atoms with Crippen molar-refractivity contribution in [3.8, 4) is 0 Å². The fourth-order valence-electron chi connectivity index (χ4n) is 2.34. The molecular formula is C14H16N4O2S. The van der Waals surface area contributed by atoms with Crippen LogP contribution in [0.4, 0.5) is 0 Å². The molecule has 1 aliphatic rings. The second-order valence-corrected chi connectivity index (χ2v) is 6.03. The Morgan fingerprint density at radius 2 is 2.29 bits per heavy atom. The third-order valence-electron chi connectivity index (χ3n) is 3.45. The van der Waals surface area contributed by atoms with Gasteiger partial charge in [-0.3, -0.25) is 9.78 Å². The van der Waals surface area contributed by atoms with Crippen molar-refractivity contribution in [2.24, 2.45) is 0 Å². The number of thioether (sulfide) groups is 1. The summed E-state index contributed by atoms with van der Waals surface area (Å²) in [5.74, 6) is 2.05. The van der Waals surface area contributed by atoms with Crippen LogP contribution in [-0.4, -0.2) is 44.8 Å². The van der Waals surface area contributed by atoms with E-state index in [9.17, 15) is 4.79 Å². The molecule has 0 aliphatic carbocycles. The van der Waals surface area contributed by atoms with E-state index in [0.717, 1.165) is 17.9 Å². The molecule has 0 N–H and O–H groups in total. The molecule has 1 atom stereocenters. The first kappa shape index (κ1) is 14.1. The summed E-state index contributed by atoms with van der Waals surface area (Å²) in [7, 11) is 0. The van der Waals surface area contributed by atoms with Crippen molar-refractivity contribution in [2.75, 3.05) is 18.8 Å². The second-order valence-electron chi connectivity index (χ2n) is 4.98. The maximum Gasteiger partial charge on any atom is 0.232 e. The zero-order valence-corrected chi connectivity index (χ0v) is 12.5. The van der Waals surface area contributed by atoms with Crippen molar-refractivity contribution in [1.82, 2.24) is 20.0 Å². The summed E-state index contributed by atoms with van der Waals surface area (Å²) in [5.41, 5.74) is 0. The molecule has 0 saturated carbocycles. The van der Waals surface area contributed by atoms with Gasteiger partial charge in [-0.1, -0.05) is 5.16 Å². The van der Waals surface area contributed by atoms with Crippen LogP contribution in [-0.2, 0) is 4.79 Å². The van der Waals surface area contributed by atoms with Crippen molar-refractivity contribution in [2.45, 2.75) is 24.2 Å². The van der Waals surface area contributed by atoms with Crippen LogP contribution in [0.2, 0.25) is 0 Å². The minimum absolute atomic E-state index is 0.149. The van der Waals surface area contributed by atoms with Gasteiger partial charge in [0.25, 0.3) is 0 Å². The molecule has 3 rings (SSSR count). The zero-order valence-electron chi connectivity index (χ0n) is 11.7. The standard InChI is InChI=1S/C14H16N4O2S/c1-10-16-14(20-17-10)11-4-7-18(8-11)13(19)9-21-12-2-5-15-6-3-12/h2-3,5-6,11H,4,7-9H2,1H3. The molecule has 2 aromatic rings. The van der Waals surface area contributed by atoms with Gasteiger partial charge >= 0.3 is 0 Å². The SMILES string of the molecule is Cc1noc(C2CCN(C(=O)CSc3ccncc3)C2)n1. The Hall–Kier alpha value is -1.89. The van der Waals surface area contributed by atoms with Crippen molar-refractivity contribution < 1.29 is 9.32 Å². The number of nitrogens with zero attached hydrogens (tertiary/aromatic N) is 4. The van der Waals surface area contributed by atoms with Gasteiger partial charge in [0.05, 0.1) is 11.7 Å². The van der Waals surface area contributed by atoms with Crippen molar-refractivity contribution in [3.63, 3.8) is 0 Å². The Bertz CT molecular complexity index is 616. The number of pyridine rings is 1. The molecule has 1 saturated heterocycles. The van der Waals surface area contributed by atoms with Gasteiger partial charge in [0.15, 0.2) is 5.82 Å². The molecule has 2 aromatic heterocycles. The molecule has 0 radical (unpaired) electrons. The van der Waals surface area contributed by atoms with Gasteiger partial charge in [-0.25, -0.2) is 0 Å². The summed E-state index contributed by atoms with van der Waals surface area (Å²) in [6.45, 7) is 3.22. The summed E-state index contributed by atoms with van der Waals surface area (Å²) in [6.07, 6.45) is 4.35. The fourth-order valence-corrected chi connectivity index (χ4v) is 3.13. The quantitative estimate of drug-likeness (QED) is 0.803. The van der Waals surface area contributed by atoms with Crippen LogP contribution in [0.1, 0.15) is 24.1 Å². The third-order valence-corrected chi connectivity index (χ3v) is 4.44. The minimum atomic E-state index is 0.149. The third kappa shape index (κ3) is 3.41. The van der Waals surface area contributed by atoms with E-state index in [0.29, 0.717) is 24.0 Å². The van der Waals surface area contributed by atoms with Crippen LogP contribution in [0.3, 0.4) is 0 Å². The van der Waals surface area contributed by atoms with Crippen LogP contribution in [0.25, 0.3) is 0 Å². The van der Waals surface area contributed by atoms with Crippen LogP contribution in [0.5, 0.6) is 0 Å². The van der Waals surface area contributed by atoms with E-state index >= 15 is 0 Å². The van der Waals surface area contributed by atoms with Gasteiger partial charge in [0.2, 0.25) is 11.8 Å². The van der Waals surface area contributed by atoms with E-state index < -0.39 is 0 Å². The molecule has 7 heteroatoms. The smallest absolute Gasteiger partial charge is 0.232 e. The van der Waals surface area contributed by atoms with Gasteiger partial charge in [0, 0.05) is 30.4 Å². The minimum Gasteiger partial charge on any atom is -0.341 e. The Morgan fingerprint density at radius 3 is 3.00 bits per heavy atom. The van der Waals surface area contributed by atoms with E-state index in [1.54, 1.807) is 19.3 Å². The van der Waals surface area contributed by atoms with E-state index in [4.69, 9.17) is 4.52 Å².